The van der Waals surface area contributed by atoms with Gasteiger partial charge in [-0.15, -0.1) is 0 Å². The number of nitrogens with zero attached hydrogens (tertiary/aromatic N) is 1. The van der Waals surface area contributed by atoms with Gasteiger partial charge in [-0.2, -0.15) is 0 Å². The molecule has 2 atom stereocenters. The largest absolute Gasteiger partial charge is 0.449 e. The summed E-state index contributed by atoms with van der Waals surface area (Å²) in [6.07, 6.45) is -3.20. The van der Waals surface area contributed by atoms with Gasteiger partial charge in [0, 0.05) is 35.3 Å². The molecule has 0 aromatic heterocycles. The summed E-state index contributed by atoms with van der Waals surface area (Å²) in [6, 6.07) is 18.6. The highest BCUT2D eigenvalue weighted by Crippen LogP contribution is 2.44. The number of ether oxygens (including phenoxy) is 1. The van der Waals surface area contributed by atoms with Crippen molar-refractivity contribution in [3.63, 3.8) is 0 Å². The summed E-state index contributed by atoms with van der Waals surface area (Å²) in [5.41, 5.74) is 10.7. The van der Waals surface area contributed by atoms with Crippen LogP contribution in [-0.4, -0.2) is 40.5 Å². The van der Waals surface area contributed by atoms with Crippen molar-refractivity contribution in [1.82, 2.24) is 5.32 Å². The second-order valence-corrected chi connectivity index (χ2v) is 8.58. The lowest BCUT2D eigenvalue weighted by Crippen LogP contribution is -2.31. The molecule has 35 heavy (non-hydrogen) atoms. The third-order valence-electron chi connectivity index (χ3n) is 6.33. The van der Waals surface area contributed by atoms with E-state index in [1.165, 1.54) is 13.0 Å². The number of anilines is 1. The quantitative estimate of drug-likeness (QED) is 0.219. The summed E-state index contributed by atoms with van der Waals surface area (Å²) < 4.78 is 5.46. The van der Waals surface area contributed by atoms with Gasteiger partial charge in [0.1, 0.15) is 12.7 Å². The monoisotopic (exact) mass is 477 g/mol. The first-order valence-corrected chi connectivity index (χ1v) is 11.3. The molecule has 9 nitrogen and oxygen atoms in total. The molecule has 1 amide bonds. The second-order valence-electron chi connectivity index (χ2n) is 8.58. The molecule has 3 aromatic carbocycles. The summed E-state index contributed by atoms with van der Waals surface area (Å²) in [6.45, 7) is 1.75. The van der Waals surface area contributed by atoms with Crippen molar-refractivity contribution < 1.29 is 24.7 Å². The van der Waals surface area contributed by atoms with Crippen molar-refractivity contribution in [1.29, 1.82) is 0 Å². The van der Waals surface area contributed by atoms with Crippen molar-refractivity contribution in [2.75, 3.05) is 18.9 Å². The van der Waals surface area contributed by atoms with Crippen LogP contribution in [0.1, 0.15) is 40.7 Å². The lowest BCUT2D eigenvalue weighted by atomic mass is 9.97. The first-order valence-electron chi connectivity index (χ1n) is 11.3. The van der Waals surface area contributed by atoms with Gasteiger partial charge in [-0.1, -0.05) is 48.5 Å². The molecule has 182 valence electrons. The molecule has 0 aliphatic heterocycles. The van der Waals surface area contributed by atoms with Crippen LogP contribution in [0, 0.1) is 17.0 Å². The number of carbonyl (C=O) groups is 1. The molecule has 0 bridgehead atoms. The number of aliphatic hydroxyl groups excluding tert-OH is 2. The third kappa shape index (κ3) is 4.96. The van der Waals surface area contributed by atoms with Gasteiger partial charge < -0.3 is 26.0 Å². The van der Waals surface area contributed by atoms with E-state index in [-0.39, 0.29) is 42.4 Å². The lowest BCUT2D eigenvalue weighted by molar-refractivity contribution is -0.385. The number of alkyl carbamates (subject to hydrolysis) is 1. The minimum atomic E-state index is -1.36. The number of rotatable bonds is 8. The highest BCUT2D eigenvalue weighted by Gasteiger charge is 2.29. The zero-order valence-electron chi connectivity index (χ0n) is 19.2. The number of nitro groups is 1. The molecule has 1 aliphatic carbocycles. The second kappa shape index (κ2) is 10.1. The number of hydrogen-bond donors (Lipinski definition) is 4. The normalized spacial score (nSPS) is 14.0. The number of nitrogen functional groups attached to an aromatic ring is 1. The zero-order valence-corrected chi connectivity index (χ0v) is 19.2. The van der Waals surface area contributed by atoms with Gasteiger partial charge in [0.05, 0.1) is 11.0 Å². The first kappa shape index (κ1) is 24.2. The van der Waals surface area contributed by atoms with Crippen LogP contribution in [0.4, 0.5) is 16.2 Å². The average Bonchev–Trinajstić information content (AvgIpc) is 3.17. The number of nitrogens with two attached hydrogens (primary N) is 1. The van der Waals surface area contributed by atoms with Crippen molar-refractivity contribution in [2.45, 2.75) is 31.5 Å². The Kier molecular flexibility index (Phi) is 6.99. The molecule has 0 saturated heterocycles. The molecule has 5 N–H and O–H groups in total. The van der Waals surface area contributed by atoms with Crippen LogP contribution < -0.4 is 11.1 Å². The Morgan fingerprint density at radius 3 is 2.31 bits per heavy atom. The highest BCUT2D eigenvalue weighted by atomic mass is 16.6. The van der Waals surface area contributed by atoms with Crippen LogP contribution in [-0.2, 0) is 4.74 Å². The van der Waals surface area contributed by atoms with E-state index in [2.05, 4.69) is 17.4 Å². The van der Waals surface area contributed by atoms with E-state index in [4.69, 9.17) is 10.5 Å². The Morgan fingerprint density at radius 2 is 1.71 bits per heavy atom. The molecule has 4 rings (SSSR count). The van der Waals surface area contributed by atoms with E-state index < -0.39 is 23.2 Å². The fraction of sp³-hybridized carbons (Fsp3) is 0.269. The molecular weight excluding hydrogens is 450 g/mol. The van der Waals surface area contributed by atoms with E-state index in [9.17, 15) is 25.1 Å². The first-order chi connectivity index (χ1) is 16.8. The van der Waals surface area contributed by atoms with Crippen molar-refractivity contribution in [2.24, 2.45) is 0 Å². The SMILES string of the molecule is Cc1cc(C(O)C(O)CCNC(=O)OCC2c3ccccc3-c3ccccc32)c(N)cc1[N+](=O)[O-]. The van der Waals surface area contributed by atoms with Gasteiger partial charge in [-0.05, 0) is 41.7 Å². The highest BCUT2D eigenvalue weighted by molar-refractivity contribution is 5.79. The van der Waals surface area contributed by atoms with Crippen LogP contribution in [0.2, 0.25) is 0 Å². The number of nitrogens with one attached hydrogen (secondary N) is 1. The number of fused-ring (bicyclic) bond motifs is 3. The van der Waals surface area contributed by atoms with Crippen molar-refractivity contribution >= 4 is 17.5 Å². The lowest BCUT2D eigenvalue weighted by Gasteiger charge is -2.20. The Hall–Kier alpha value is -3.95. The predicted molar refractivity (Wildman–Crippen MR) is 131 cm³/mol. The fourth-order valence-electron chi connectivity index (χ4n) is 4.52. The molecule has 1 aliphatic rings. The number of amides is 1. The Bertz CT molecular complexity index is 1220. The van der Waals surface area contributed by atoms with Crippen LogP contribution >= 0.6 is 0 Å². The number of hydrogen-bond acceptors (Lipinski definition) is 7. The maximum Gasteiger partial charge on any atom is 0.407 e. The molecule has 9 heteroatoms. The summed E-state index contributed by atoms with van der Waals surface area (Å²) in [5.74, 6) is -0.0612. The topological polar surface area (TPSA) is 148 Å². The van der Waals surface area contributed by atoms with Crippen molar-refractivity contribution in [3.05, 3.63) is 93.0 Å². The van der Waals surface area contributed by atoms with Gasteiger partial charge >= 0.3 is 6.09 Å². The number of nitro benzene ring substituents is 1. The number of carbonyl (C=O) groups excluding carboxylic acids is 1. The Balaban J connectivity index is 1.30. The van der Waals surface area contributed by atoms with Gasteiger partial charge in [0.15, 0.2) is 0 Å². The number of aryl methyl sites for hydroxylation is 1. The predicted octanol–water partition coefficient (Wildman–Crippen LogP) is 3.81. The van der Waals surface area contributed by atoms with E-state index in [0.29, 0.717) is 5.56 Å². The average molecular weight is 478 g/mol. The minimum Gasteiger partial charge on any atom is -0.449 e. The summed E-state index contributed by atoms with van der Waals surface area (Å²) in [5, 5.41) is 34.5. The van der Waals surface area contributed by atoms with E-state index >= 15 is 0 Å². The Morgan fingerprint density at radius 1 is 1.11 bits per heavy atom. The van der Waals surface area contributed by atoms with Crippen LogP contribution in [0.15, 0.2) is 60.7 Å². The third-order valence-corrected chi connectivity index (χ3v) is 6.33. The van der Waals surface area contributed by atoms with Gasteiger partial charge in [0.25, 0.3) is 5.69 Å². The standard InChI is InChI=1S/C26H27N3O6/c1-15-12-20(22(27)13-23(15)29(33)34)25(31)24(30)10-11-28-26(32)35-14-21-18-8-4-2-6-16(18)17-7-3-5-9-19(17)21/h2-9,12-13,21,24-25,30-31H,10-11,14,27H2,1H3,(H,28,32). The number of aliphatic hydroxyl groups is 2. The van der Waals surface area contributed by atoms with E-state index in [1.54, 1.807) is 0 Å². The summed E-state index contributed by atoms with van der Waals surface area (Å²) in [7, 11) is 0. The van der Waals surface area contributed by atoms with E-state index in [1.807, 2.05) is 36.4 Å². The maximum atomic E-state index is 12.3. The van der Waals surface area contributed by atoms with Crippen LogP contribution in [0.3, 0.4) is 0 Å². The summed E-state index contributed by atoms with van der Waals surface area (Å²) >= 11 is 0. The summed E-state index contributed by atoms with van der Waals surface area (Å²) in [4.78, 5) is 22.8. The Labute approximate surface area is 202 Å². The van der Waals surface area contributed by atoms with Gasteiger partial charge in [-0.25, -0.2) is 4.79 Å². The van der Waals surface area contributed by atoms with Crippen LogP contribution in [0.5, 0.6) is 0 Å². The van der Waals surface area contributed by atoms with Gasteiger partial charge in [-0.3, -0.25) is 10.1 Å². The van der Waals surface area contributed by atoms with Crippen molar-refractivity contribution in [3.8, 4) is 11.1 Å². The number of benzene rings is 3. The van der Waals surface area contributed by atoms with Gasteiger partial charge in [0.2, 0.25) is 0 Å². The molecular formula is C26H27N3O6. The molecule has 0 spiro atoms. The molecule has 3 aromatic rings. The molecule has 0 fully saturated rings. The fourth-order valence-corrected chi connectivity index (χ4v) is 4.52. The molecule has 0 saturated carbocycles. The minimum absolute atomic E-state index is 0.0124. The van der Waals surface area contributed by atoms with E-state index in [0.717, 1.165) is 28.3 Å². The maximum absolute atomic E-state index is 12.3. The molecule has 0 radical (unpaired) electrons. The van der Waals surface area contributed by atoms with Crippen LogP contribution in [0.25, 0.3) is 11.1 Å². The smallest absolute Gasteiger partial charge is 0.407 e. The zero-order chi connectivity index (χ0) is 25.1. The molecule has 0 heterocycles. The molecule has 2 unspecified atom stereocenters.